The zero-order valence-electron chi connectivity index (χ0n) is 12.5. The molecule has 114 valence electrons. The number of anilines is 3. The first kappa shape index (κ1) is 14.3. The molecule has 3 rings (SSSR count). The van der Waals surface area contributed by atoms with E-state index >= 15 is 0 Å². The van der Waals surface area contributed by atoms with E-state index in [4.69, 9.17) is 10.5 Å². The first-order valence-corrected chi connectivity index (χ1v) is 7.27. The van der Waals surface area contributed by atoms with Crippen LogP contribution in [0.3, 0.4) is 0 Å². The van der Waals surface area contributed by atoms with Crippen LogP contribution in [-0.4, -0.2) is 25.6 Å². The summed E-state index contributed by atoms with van der Waals surface area (Å²) in [5.74, 6) is 0.667. The molecule has 22 heavy (non-hydrogen) atoms. The van der Waals surface area contributed by atoms with E-state index < -0.39 is 0 Å². The van der Waals surface area contributed by atoms with Crippen LogP contribution >= 0.6 is 0 Å². The van der Waals surface area contributed by atoms with E-state index in [0.29, 0.717) is 18.8 Å². The molecule has 1 amide bonds. The highest BCUT2D eigenvalue weighted by molar-refractivity contribution is 5.95. The minimum Gasteiger partial charge on any atom is -0.489 e. The summed E-state index contributed by atoms with van der Waals surface area (Å²) in [5, 5.41) is 2.95. The zero-order chi connectivity index (χ0) is 15.5. The number of ether oxygens (including phenoxy) is 1. The number of fused-ring (bicyclic) bond motifs is 1. The lowest BCUT2D eigenvalue weighted by molar-refractivity contribution is -0.115. The second kappa shape index (κ2) is 5.97. The largest absolute Gasteiger partial charge is 0.489 e. The average Bonchev–Trinajstić information content (AvgIpc) is 2.50. The van der Waals surface area contributed by atoms with Gasteiger partial charge in [0.1, 0.15) is 18.0 Å². The molecule has 0 saturated carbocycles. The van der Waals surface area contributed by atoms with E-state index in [9.17, 15) is 4.79 Å². The van der Waals surface area contributed by atoms with E-state index in [1.165, 1.54) is 0 Å². The van der Waals surface area contributed by atoms with E-state index in [1.54, 1.807) is 0 Å². The van der Waals surface area contributed by atoms with Crippen LogP contribution in [0.25, 0.3) is 0 Å². The SMILES string of the molecule is Cc1ccccc1NC(=O)CN1CCOc2cccc(N)c21. The van der Waals surface area contributed by atoms with Crippen LogP contribution in [0, 0.1) is 6.92 Å². The average molecular weight is 297 g/mol. The molecule has 2 aromatic rings. The molecular weight excluding hydrogens is 278 g/mol. The number of nitrogens with one attached hydrogen (secondary N) is 1. The van der Waals surface area contributed by atoms with Gasteiger partial charge in [0.2, 0.25) is 5.91 Å². The van der Waals surface area contributed by atoms with Crippen LogP contribution in [0.5, 0.6) is 5.75 Å². The van der Waals surface area contributed by atoms with Crippen LogP contribution < -0.4 is 20.7 Å². The van der Waals surface area contributed by atoms with Crippen LogP contribution in [0.15, 0.2) is 42.5 Å². The summed E-state index contributed by atoms with van der Waals surface area (Å²) < 4.78 is 5.60. The molecule has 0 saturated heterocycles. The summed E-state index contributed by atoms with van der Waals surface area (Å²) in [6.07, 6.45) is 0. The van der Waals surface area contributed by atoms with Gasteiger partial charge >= 0.3 is 0 Å². The Morgan fingerprint density at radius 3 is 2.91 bits per heavy atom. The number of hydrogen-bond donors (Lipinski definition) is 2. The van der Waals surface area contributed by atoms with E-state index in [1.807, 2.05) is 54.3 Å². The minimum absolute atomic E-state index is 0.0644. The van der Waals surface area contributed by atoms with Crippen molar-refractivity contribution in [1.29, 1.82) is 0 Å². The first-order chi connectivity index (χ1) is 10.6. The molecule has 1 aliphatic rings. The normalized spacial score (nSPS) is 13.2. The molecule has 5 nitrogen and oxygen atoms in total. The molecule has 0 fully saturated rings. The van der Waals surface area contributed by atoms with Crippen LogP contribution in [-0.2, 0) is 4.79 Å². The van der Waals surface area contributed by atoms with Crippen molar-refractivity contribution in [2.24, 2.45) is 0 Å². The van der Waals surface area contributed by atoms with Crippen molar-refractivity contribution < 1.29 is 9.53 Å². The van der Waals surface area contributed by atoms with E-state index in [2.05, 4.69) is 5.32 Å². The lowest BCUT2D eigenvalue weighted by Crippen LogP contribution is -2.39. The number of hydrogen-bond acceptors (Lipinski definition) is 4. The van der Waals surface area contributed by atoms with Gasteiger partial charge in [0.15, 0.2) is 0 Å². The van der Waals surface area contributed by atoms with Crippen molar-refractivity contribution in [3.05, 3.63) is 48.0 Å². The number of benzene rings is 2. The zero-order valence-corrected chi connectivity index (χ0v) is 12.5. The number of nitrogens with zero attached hydrogens (tertiary/aromatic N) is 1. The topological polar surface area (TPSA) is 67.6 Å². The molecule has 0 bridgehead atoms. The van der Waals surface area contributed by atoms with Gasteiger partial charge in [-0.2, -0.15) is 0 Å². The molecule has 0 spiro atoms. The van der Waals surface area contributed by atoms with Gasteiger partial charge in [-0.05, 0) is 30.7 Å². The van der Waals surface area contributed by atoms with Crippen molar-refractivity contribution in [3.63, 3.8) is 0 Å². The van der Waals surface area contributed by atoms with Crippen molar-refractivity contribution in [1.82, 2.24) is 0 Å². The molecule has 5 heteroatoms. The number of carbonyl (C=O) groups is 1. The Labute approximate surface area is 129 Å². The van der Waals surface area contributed by atoms with Crippen molar-refractivity contribution in [2.75, 3.05) is 35.6 Å². The van der Waals surface area contributed by atoms with Gasteiger partial charge in [-0.25, -0.2) is 0 Å². The Morgan fingerprint density at radius 2 is 2.09 bits per heavy atom. The molecule has 1 aliphatic heterocycles. The fraction of sp³-hybridized carbons (Fsp3) is 0.235. The second-order valence-electron chi connectivity index (χ2n) is 5.33. The van der Waals surface area contributed by atoms with Crippen molar-refractivity contribution in [2.45, 2.75) is 6.92 Å². The molecule has 0 aliphatic carbocycles. The minimum atomic E-state index is -0.0644. The highest BCUT2D eigenvalue weighted by Crippen LogP contribution is 2.36. The summed E-state index contributed by atoms with van der Waals surface area (Å²) >= 11 is 0. The maximum atomic E-state index is 12.3. The number of para-hydroxylation sites is 2. The fourth-order valence-electron chi connectivity index (χ4n) is 2.61. The Kier molecular flexibility index (Phi) is 3.87. The molecule has 0 radical (unpaired) electrons. The third kappa shape index (κ3) is 2.83. The molecule has 0 atom stereocenters. The standard InChI is InChI=1S/C17H19N3O2/c1-12-5-2-3-7-14(12)19-16(21)11-20-9-10-22-15-8-4-6-13(18)17(15)20/h2-8H,9-11,18H2,1H3,(H,19,21). The number of nitrogens with two attached hydrogens (primary N) is 1. The Morgan fingerprint density at radius 1 is 1.27 bits per heavy atom. The number of amides is 1. The molecule has 0 aromatic heterocycles. The van der Waals surface area contributed by atoms with Gasteiger partial charge in [-0.15, -0.1) is 0 Å². The predicted molar refractivity (Wildman–Crippen MR) is 88.4 cm³/mol. The smallest absolute Gasteiger partial charge is 0.243 e. The summed E-state index contributed by atoms with van der Waals surface area (Å²) in [4.78, 5) is 14.3. The maximum Gasteiger partial charge on any atom is 0.243 e. The fourth-order valence-corrected chi connectivity index (χ4v) is 2.61. The van der Waals surface area contributed by atoms with Gasteiger partial charge in [-0.1, -0.05) is 24.3 Å². The summed E-state index contributed by atoms with van der Waals surface area (Å²) in [5.41, 5.74) is 9.33. The highest BCUT2D eigenvalue weighted by Gasteiger charge is 2.22. The second-order valence-corrected chi connectivity index (χ2v) is 5.33. The van der Waals surface area contributed by atoms with Crippen LogP contribution in [0.2, 0.25) is 0 Å². The Bertz CT molecular complexity index is 700. The number of aryl methyl sites for hydroxylation is 1. The summed E-state index contributed by atoms with van der Waals surface area (Å²) in [7, 11) is 0. The summed E-state index contributed by atoms with van der Waals surface area (Å²) in [6, 6.07) is 13.3. The Balaban J connectivity index is 1.75. The first-order valence-electron chi connectivity index (χ1n) is 7.27. The molecular formula is C17H19N3O2. The number of rotatable bonds is 3. The predicted octanol–water partition coefficient (Wildman–Crippen LogP) is 2.41. The van der Waals surface area contributed by atoms with Crippen molar-refractivity contribution in [3.8, 4) is 5.75 Å². The molecule has 1 heterocycles. The van der Waals surface area contributed by atoms with Gasteiger partial charge in [0.05, 0.1) is 18.8 Å². The lowest BCUT2D eigenvalue weighted by atomic mass is 10.2. The quantitative estimate of drug-likeness (QED) is 0.854. The molecule has 3 N–H and O–H groups in total. The number of carbonyl (C=O) groups excluding carboxylic acids is 1. The van der Waals surface area contributed by atoms with E-state index in [0.717, 1.165) is 22.7 Å². The van der Waals surface area contributed by atoms with Gasteiger partial charge in [-0.3, -0.25) is 4.79 Å². The van der Waals surface area contributed by atoms with Crippen LogP contribution in [0.4, 0.5) is 17.1 Å². The van der Waals surface area contributed by atoms with Gasteiger partial charge in [0, 0.05) is 5.69 Å². The third-order valence-electron chi connectivity index (χ3n) is 3.72. The lowest BCUT2D eigenvalue weighted by Gasteiger charge is -2.31. The monoisotopic (exact) mass is 297 g/mol. The Hall–Kier alpha value is -2.69. The van der Waals surface area contributed by atoms with Gasteiger partial charge < -0.3 is 20.7 Å². The summed E-state index contributed by atoms with van der Waals surface area (Å²) in [6.45, 7) is 3.41. The number of nitrogen functional groups attached to an aromatic ring is 1. The van der Waals surface area contributed by atoms with Crippen LogP contribution in [0.1, 0.15) is 5.56 Å². The van der Waals surface area contributed by atoms with E-state index in [-0.39, 0.29) is 12.5 Å². The third-order valence-corrected chi connectivity index (χ3v) is 3.72. The highest BCUT2D eigenvalue weighted by atomic mass is 16.5. The molecule has 2 aromatic carbocycles. The van der Waals surface area contributed by atoms with Crippen molar-refractivity contribution >= 4 is 23.0 Å². The van der Waals surface area contributed by atoms with Gasteiger partial charge in [0.25, 0.3) is 0 Å². The maximum absolute atomic E-state index is 12.3. The molecule has 0 unspecified atom stereocenters.